The van der Waals surface area contributed by atoms with Gasteiger partial charge in [0.25, 0.3) is 0 Å². The van der Waals surface area contributed by atoms with E-state index in [0.29, 0.717) is 36.0 Å². The van der Waals surface area contributed by atoms with Crippen LogP contribution in [-0.2, 0) is 16.4 Å². The van der Waals surface area contributed by atoms with Crippen molar-refractivity contribution in [1.82, 2.24) is 13.7 Å². The second-order valence-electron chi connectivity index (χ2n) is 7.35. The molecule has 1 aromatic heterocycles. The highest BCUT2D eigenvalue weighted by Crippen LogP contribution is 2.23. The van der Waals surface area contributed by atoms with E-state index in [1.165, 1.54) is 11.5 Å². The second-order valence-corrected chi connectivity index (χ2v) is 10.5. The monoisotopic (exact) mass is 462 g/mol. The van der Waals surface area contributed by atoms with Crippen molar-refractivity contribution in [3.05, 3.63) is 70.5 Å². The maximum absolute atomic E-state index is 13.0. The van der Waals surface area contributed by atoms with E-state index in [-0.39, 0.29) is 0 Å². The van der Waals surface area contributed by atoms with E-state index < -0.39 is 10.0 Å². The van der Waals surface area contributed by atoms with Gasteiger partial charge in [-0.3, -0.25) is 0 Å². The van der Waals surface area contributed by atoms with E-state index in [0.717, 1.165) is 35.0 Å². The molecule has 0 N–H and O–H groups in total. The molecular formula is C21H23ClN4O2S2. The first-order chi connectivity index (χ1) is 14.4. The molecule has 4 rings (SSSR count). The van der Waals surface area contributed by atoms with Crippen molar-refractivity contribution in [1.29, 1.82) is 0 Å². The third-order valence-electron chi connectivity index (χ3n) is 5.12. The second kappa shape index (κ2) is 9.01. The molecule has 2 aromatic carbocycles. The van der Waals surface area contributed by atoms with E-state index in [2.05, 4.69) is 14.3 Å². The number of aromatic nitrogens is 2. The predicted molar refractivity (Wildman–Crippen MR) is 121 cm³/mol. The number of halogens is 1. The Morgan fingerprint density at radius 2 is 1.73 bits per heavy atom. The minimum Gasteiger partial charge on any atom is -0.345 e. The minimum absolute atomic E-state index is 0.350. The number of aryl methyl sites for hydroxylation is 1. The third-order valence-corrected chi connectivity index (χ3v) is 8.10. The number of hydrogen-bond donors (Lipinski definition) is 0. The van der Waals surface area contributed by atoms with Crippen LogP contribution in [0.5, 0.6) is 0 Å². The Bertz CT molecular complexity index is 1100. The van der Waals surface area contributed by atoms with Crippen LogP contribution >= 0.6 is 23.1 Å². The molecule has 0 aliphatic carbocycles. The highest BCUT2D eigenvalue weighted by atomic mass is 35.5. The summed E-state index contributed by atoms with van der Waals surface area (Å²) in [7, 11) is -3.48. The van der Waals surface area contributed by atoms with Crippen LogP contribution in [0.1, 0.15) is 23.4 Å². The van der Waals surface area contributed by atoms with Crippen LogP contribution in [0.25, 0.3) is 0 Å². The molecule has 1 saturated heterocycles. The van der Waals surface area contributed by atoms with Crippen molar-refractivity contribution >= 4 is 38.3 Å². The summed E-state index contributed by atoms with van der Waals surface area (Å²) in [5.41, 5.74) is 2.15. The molecule has 1 fully saturated rings. The number of nitrogens with zero attached hydrogens (tertiary/aromatic N) is 4. The molecule has 158 valence electrons. The Kier molecular flexibility index (Phi) is 6.38. The Labute approximate surface area is 186 Å². The van der Waals surface area contributed by atoms with Gasteiger partial charge in [0.1, 0.15) is 5.82 Å². The van der Waals surface area contributed by atoms with E-state index in [4.69, 9.17) is 11.6 Å². The quantitative estimate of drug-likeness (QED) is 0.573. The summed E-state index contributed by atoms with van der Waals surface area (Å²) in [6.07, 6.45) is 1.40. The smallest absolute Gasteiger partial charge is 0.243 e. The summed E-state index contributed by atoms with van der Waals surface area (Å²) in [6.45, 7) is 4.24. The number of rotatable bonds is 5. The SMILES string of the molecule is Cc1ccc(S(=O)(=O)N2CCCN(c3nc(Cc4ccc(Cl)cc4)ns3)CC2)cc1. The normalized spacial score (nSPS) is 15.9. The van der Waals surface area contributed by atoms with Gasteiger partial charge >= 0.3 is 0 Å². The van der Waals surface area contributed by atoms with Crippen molar-refractivity contribution in [2.75, 3.05) is 31.1 Å². The van der Waals surface area contributed by atoms with E-state index >= 15 is 0 Å². The van der Waals surface area contributed by atoms with E-state index in [1.54, 1.807) is 16.4 Å². The highest BCUT2D eigenvalue weighted by Gasteiger charge is 2.27. The number of hydrogen-bond acceptors (Lipinski definition) is 6. The third kappa shape index (κ3) is 4.83. The average Bonchev–Trinajstić information content (AvgIpc) is 3.04. The van der Waals surface area contributed by atoms with Crippen LogP contribution in [0.3, 0.4) is 0 Å². The molecule has 30 heavy (non-hydrogen) atoms. The lowest BCUT2D eigenvalue weighted by molar-refractivity contribution is 0.433. The maximum Gasteiger partial charge on any atom is 0.243 e. The summed E-state index contributed by atoms with van der Waals surface area (Å²) >= 11 is 7.31. The van der Waals surface area contributed by atoms with Gasteiger partial charge in [0.05, 0.1) is 4.90 Å². The van der Waals surface area contributed by atoms with Gasteiger partial charge in [-0.1, -0.05) is 41.4 Å². The van der Waals surface area contributed by atoms with Gasteiger partial charge in [0.15, 0.2) is 0 Å². The standard InChI is InChI=1S/C21H23ClN4O2S2/c1-16-3-9-19(10-4-16)30(27,28)26-12-2-11-25(13-14-26)21-23-20(24-29-21)15-17-5-7-18(22)8-6-17/h3-10H,2,11-15H2,1H3. The van der Waals surface area contributed by atoms with Crippen LogP contribution in [0.15, 0.2) is 53.4 Å². The Hall–Kier alpha value is -2.00. The van der Waals surface area contributed by atoms with Crippen molar-refractivity contribution in [2.45, 2.75) is 24.7 Å². The fourth-order valence-corrected chi connectivity index (χ4v) is 5.75. The summed E-state index contributed by atoms with van der Waals surface area (Å²) in [5, 5.41) is 1.55. The van der Waals surface area contributed by atoms with Gasteiger partial charge in [-0.2, -0.15) is 8.68 Å². The summed E-state index contributed by atoms with van der Waals surface area (Å²) in [6, 6.07) is 14.7. The number of sulfonamides is 1. The topological polar surface area (TPSA) is 66.4 Å². The van der Waals surface area contributed by atoms with Gasteiger partial charge in [0.2, 0.25) is 15.2 Å². The zero-order valence-electron chi connectivity index (χ0n) is 16.7. The molecule has 3 aromatic rings. The first kappa shape index (κ1) is 21.2. The molecule has 0 unspecified atom stereocenters. The van der Waals surface area contributed by atoms with Crippen LogP contribution in [0.4, 0.5) is 5.13 Å². The molecule has 6 nitrogen and oxygen atoms in total. The Morgan fingerprint density at radius 3 is 2.47 bits per heavy atom. The molecule has 2 heterocycles. The van der Waals surface area contributed by atoms with Crippen LogP contribution in [-0.4, -0.2) is 48.3 Å². The van der Waals surface area contributed by atoms with Gasteiger partial charge in [-0.05, 0) is 43.2 Å². The number of benzene rings is 2. The zero-order chi connectivity index (χ0) is 21.1. The summed E-state index contributed by atoms with van der Waals surface area (Å²) in [4.78, 5) is 7.16. The van der Waals surface area contributed by atoms with E-state index in [1.807, 2.05) is 43.3 Å². The highest BCUT2D eigenvalue weighted by molar-refractivity contribution is 7.89. The van der Waals surface area contributed by atoms with Crippen LogP contribution in [0.2, 0.25) is 5.02 Å². The molecule has 0 bridgehead atoms. The van der Waals surface area contributed by atoms with Gasteiger partial charge < -0.3 is 4.90 Å². The fourth-order valence-electron chi connectivity index (χ4n) is 3.41. The predicted octanol–water partition coefficient (Wildman–Crippen LogP) is 3.99. The van der Waals surface area contributed by atoms with Gasteiger partial charge in [-0.25, -0.2) is 13.4 Å². The first-order valence-electron chi connectivity index (χ1n) is 9.80. The summed E-state index contributed by atoms with van der Waals surface area (Å²) in [5.74, 6) is 0.769. The lowest BCUT2D eigenvalue weighted by Crippen LogP contribution is -2.35. The lowest BCUT2D eigenvalue weighted by Gasteiger charge is -2.21. The Morgan fingerprint density at radius 1 is 1.00 bits per heavy atom. The van der Waals surface area contributed by atoms with Crippen LogP contribution < -0.4 is 4.90 Å². The van der Waals surface area contributed by atoms with Crippen molar-refractivity contribution in [3.63, 3.8) is 0 Å². The molecule has 0 saturated carbocycles. The summed E-state index contributed by atoms with van der Waals surface area (Å²) < 4.78 is 32.1. The molecule has 0 spiro atoms. The number of anilines is 1. The van der Waals surface area contributed by atoms with Crippen molar-refractivity contribution in [3.8, 4) is 0 Å². The van der Waals surface area contributed by atoms with Gasteiger partial charge in [-0.15, -0.1) is 0 Å². The average molecular weight is 463 g/mol. The Balaban J connectivity index is 1.42. The molecule has 1 aliphatic heterocycles. The van der Waals surface area contributed by atoms with E-state index in [9.17, 15) is 8.42 Å². The minimum atomic E-state index is -3.48. The molecule has 1 aliphatic rings. The fraction of sp³-hybridized carbons (Fsp3) is 0.333. The molecule has 9 heteroatoms. The van der Waals surface area contributed by atoms with Crippen LogP contribution in [0, 0.1) is 6.92 Å². The first-order valence-corrected chi connectivity index (χ1v) is 12.4. The van der Waals surface area contributed by atoms with Crippen molar-refractivity contribution in [2.24, 2.45) is 0 Å². The lowest BCUT2D eigenvalue weighted by atomic mass is 10.1. The molecule has 0 radical (unpaired) electrons. The maximum atomic E-state index is 13.0. The van der Waals surface area contributed by atoms with Crippen molar-refractivity contribution < 1.29 is 8.42 Å². The molecule has 0 amide bonds. The largest absolute Gasteiger partial charge is 0.345 e. The van der Waals surface area contributed by atoms with Gasteiger partial charge in [0, 0.05) is 49.2 Å². The molecule has 0 atom stereocenters. The molecular weight excluding hydrogens is 440 g/mol. The zero-order valence-corrected chi connectivity index (χ0v) is 19.1.